The van der Waals surface area contributed by atoms with Crippen molar-refractivity contribution >= 4 is 17.4 Å². The Labute approximate surface area is 125 Å². The number of rotatable bonds is 2. The number of nitro groups is 1. The third-order valence-electron chi connectivity index (χ3n) is 3.76. The predicted molar refractivity (Wildman–Crippen MR) is 78.0 cm³/mol. The molecule has 1 aromatic rings. The molecule has 0 saturated carbocycles. The molecular weight excluding hydrogens is 294 g/mol. The van der Waals surface area contributed by atoms with Crippen molar-refractivity contribution < 1.29 is 14.4 Å². The van der Waals surface area contributed by atoms with E-state index in [1.165, 1.54) is 0 Å². The van der Waals surface area contributed by atoms with Crippen LogP contribution in [0.15, 0.2) is 28.9 Å². The minimum absolute atomic E-state index is 0.228. The summed E-state index contributed by atoms with van der Waals surface area (Å²) < 4.78 is 10.7. The van der Waals surface area contributed by atoms with E-state index in [9.17, 15) is 10.1 Å². The fourth-order valence-corrected chi connectivity index (χ4v) is 3.88. The number of hydrogen-bond acceptors (Lipinski definition) is 7. The van der Waals surface area contributed by atoms with Gasteiger partial charge in [0.1, 0.15) is 11.6 Å². The molecule has 7 nitrogen and oxygen atoms in total. The minimum Gasteiger partial charge on any atom is -0.454 e. The van der Waals surface area contributed by atoms with E-state index in [1.807, 2.05) is 23.1 Å². The Bertz CT molecular complexity index is 648. The smallest absolute Gasteiger partial charge is 0.295 e. The van der Waals surface area contributed by atoms with Crippen molar-refractivity contribution in [2.75, 3.05) is 37.2 Å². The van der Waals surface area contributed by atoms with Crippen molar-refractivity contribution in [1.82, 2.24) is 4.90 Å². The Balaban J connectivity index is 1.67. The first kappa shape index (κ1) is 12.6. The van der Waals surface area contributed by atoms with Crippen LogP contribution in [0.1, 0.15) is 0 Å². The molecule has 0 amide bonds. The maximum atomic E-state index is 11.3. The van der Waals surface area contributed by atoms with Crippen LogP contribution in [-0.4, -0.2) is 42.1 Å². The molecule has 0 spiro atoms. The van der Waals surface area contributed by atoms with E-state index in [2.05, 4.69) is 4.90 Å². The highest BCUT2D eigenvalue weighted by Gasteiger charge is 2.36. The quantitative estimate of drug-likeness (QED) is 0.608. The highest BCUT2D eigenvalue weighted by molar-refractivity contribution is 8.03. The van der Waals surface area contributed by atoms with E-state index in [1.54, 1.807) is 11.8 Å². The normalized spacial score (nSPS) is 20.0. The molecule has 0 aliphatic carbocycles. The van der Waals surface area contributed by atoms with Crippen LogP contribution in [0.3, 0.4) is 0 Å². The van der Waals surface area contributed by atoms with Crippen LogP contribution < -0.4 is 14.4 Å². The van der Waals surface area contributed by atoms with Gasteiger partial charge in [-0.25, -0.2) is 0 Å². The zero-order chi connectivity index (χ0) is 14.4. The van der Waals surface area contributed by atoms with E-state index in [0.717, 1.165) is 28.8 Å². The van der Waals surface area contributed by atoms with Crippen LogP contribution in [-0.2, 0) is 0 Å². The second kappa shape index (κ2) is 4.73. The summed E-state index contributed by atoms with van der Waals surface area (Å²) in [6, 6.07) is 5.65. The van der Waals surface area contributed by atoms with Gasteiger partial charge in [0.15, 0.2) is 11.5 Å². The van der Waals surface area contributed by atoms with Crippen LogP contribution in [0.5, 0.6) is 11.5 Å². The molecule has 1 aromatic carbocycles. The van der Waals surface area contributed by atoms with Crippen LogP contribution in [0.25, 0.3) is 0 Å². The highest BCUT2D eigenvalue weighted by atomic mass is 32.2. The average Bonchev–Trinajstić information content (AvgIpc) is 3.13. The van der Waals surface area contributed by atoms with Crippen LogP contribution in [0.4, 0.5) is 5.69 Å². The summed E-state index contributed by atoms with van der Waals surface area (Å²) in [5, 5.41) is 12.1. The van der Waals surface area contributed by atoms with Crippen LogP contribution in [0, 0.1) is 10.1 Å². The molecule has 1 fully saturated rings. The first-order valence-electron chi connectivity index (χ1n) is 6.62. The van der Waals surface area contributed by atoms with Gasteiger partial charge in [-0.15, -0.1) is 11.8 Å². The summed E-state index contributed by atoms with van der Waals surface area (Å²) in [6.07, 6.45) is 0. The van der Waals surface area contributed by atoms with Gasteiger partial charge in [0, 0.05) is 24.1 Å². The molecule has 0 atom stereocenters. The van der Waals surface area contributed by atoms with Gasteiger partial charge in [-0.3, -0.25) is 10.1 Å². The van der Waals surface area contributed by atoms with Crippen molar-refractivity contribution in [2.45, 2.75) is 0 Å². The Morgan fingerprint density at radius 2 is 2.10 bits per heavy atom. The van der Waals surface area contributed by atoms with E-state index >= 15 is 0 Å². The molecule has 110 valence electrons. The summed E-state index contributed by atoms with van der Waals surface area (Å²) in [7, 11) is 0. The lowest BCUT2D eigenvalue weighted by Gasteiger charge is -2.34. The highest BCUT2D eigenvalue weighted by Crippen LogP contribution is 2.39. The first-order valence-corrected chi connectivity index (χ1v) is 7.61. The molecular formula is C13H13N3O4S. The van der Waals surface area contributed by atoms with Gasteiger partial charge in [0.2, 0.25) is 6.79 Å². The summed E-state index contributed by atoms with van der Waals surface area (Å²) in [5.74, 6) is 2.32. The first-order chi connectivity index (χ1) is 10.2. The fraction of sp³-hybridized carbons (Fsp3) is 0.385. The summed E-state index contributed by atoms with van der Waals surface area (Å²) in [4.78, 5) is 15.1. The van der Waals surface area contributed by atoms with E-state index < -0.39 is 0 Å². The van der Waals surface area contributed by atoms with Gasteiger partial charge >= 0.3 is 0 Å². The third-order valence-corrected chi connectivity index (χ3v) is 4.91. The molecule has 1 saturated heterocycles. The second-order valence-corrected chi connectivity index (χ2v) is 6.08. The summed E-state index contributed by atoms with van der Waals surface area (Å²) in [5.41, 5.74) is 1.19. The van der Waals surface area contributed by atoms with Gasteiger partial charge in [-0.1, -0.05) is 0 Å². The van der Waals surface area contributed by atoms with Crippen molar-refractivity contribution in [3.8, 4) is 11.5 Å². The number of anilines is 1. The summed E-state index contributed by atoms with van der Waals surface area (Å²) in [6.45, 7) is 2.05. The number of thioether (sulfide) groups is 1. The van der Waals surface area contributed by atoms with Gasteiger partial charge in [-0.05, 0) is 12.1 Å². The molecule has 0 bridgehead atoms. The minimum atomic E-state index is -0.264. The average molecular weight is 307 g/mol. The fourth-order valence-electron chi connectivity index (χ4n) is 2.74. The van der Waals surface area contributed by atoms with Crippen molar-refractivity contribution in [2.24, 2.45) is 0 Å². The van der Waals surface area contributed by atoms with Gasteiger partial charge in [0.25, 0.3) is 5.70 Å². The molecule has 3 aliphatic rings. The molecule has 21 heavy (non-hydrogen) atoms. The molecule has 0 unspecified atom stereocenters. The lowest BCUT2D eigenvalue weighted by molar-refractivity contribution is -0.427. The number of ether oxygens (including phenoxy) is 2. The standard InChI is InChI=1S/C13H13N3O4S/c17-16(18)10-6-15(7-14-3-4-21-13(10)14)9-1-2-11-12(5-9)20-8-19-11/h1-2,5H,3-4,6-8H2. The topological polar surface area (TPSA) is 68.1 Å². The molecule has 0 radical (unpaired) electrons. The maximum Gasteiger partial charge on any atom is 0.295 e. The number of hydrogen-bond donors (Lipinski definition) is 0. The lowest BCUT2D eigenvalue weighted by Crippen LogP contribution is -2.43. The monoisotopic (exact) mass is 307 g/mol. The number of benzene rings is 1. The van der Waals surface area contributed by atoms with Gasteiger partial charge < -0.3 is 19.3 Å². The molecule has 3 aliphatic heterocycles. The molecule has 0 N–H and O–H groups in total. The van der Waals surface area contributed by atoms with Crippen LogP contribution >= 0.6 is 11.8 Å². The maximum absolute atomic E-state index is 11.3. The predicted octanol–water partition coefficient (Wildman–Crippen LogP) is 1.69. The molecule has 3 heterocycles. The Morgan fingerprint density at radius 1 is 1.24 bits per heavy atom. The zero-order valence-electron chi connectivity index (χ0n) is 11.2. The van der Waals surface area contributed by atoms with Crippen LogP contribution in [0.2, 0.25) is 0 Å². The SMILES string of the molecule is O=[N+]([O-])C1=C2SCCN2CN(c2ccc3c(c2)OCO3)C1. The second-order valence-electron chi connectivity index (χ2n) is 5.00. The van der Waals surface area contributed by atoms with E-state index in [0.29, 0.717) is 19.0 Å². The van der Waals surface area contributed by atoms with E-state index in [4.69, 9.17) is 9.47 Å². The summed E-state index contributed by atoms with van der Waals surface area (Å²) >= 11 is 1.57. The van der Waals surface area contributed by atoms with Gasteiger partial charge in [0.05, 0.1) is 11.6 Å². The molecule has 4 rings (SSSR count). The van der Waals surface area contributed by atoms with Crippen molar-refractivity contribution in [1.29, 1.82) is 0 Å². The van der Waals surface area contributed by atoms with E-state index in [-0.39, 0.29) is 17.4 Å². The number of fused-ring (bicyclic) bond motifs is 2. The lowest BCUT2D eigenvalue weighted by atomic mass is 10.2. The Hall–Kier alpha value is -2.09. The molecule has 0 aromatic heterocycles. The molecule has 8 heteroatoms. The number of nitrogens with zero attached hydrogens (tertiary/aromatic N) is 3. The third kappa shape index (κ3) is 2.06. The Morgan fingerprint density at radius 3 is 2.95 bits per heavy atom. The largest absolute Gasteiger partial charge is 0.454 e. The van der Waals surface area contributed by atoms with Crippen molar-refractivity contribution in [3.05, 3.63) is 39.0 Å². The zero-order valence-corrected chi connectivity index (χ0v) is 12.0. The Kier molecular flexibility index (Phi) is 2.85. The van der Waals surface area contributed by atoms with Crippen molar-refractivity contribution in [3.63, 3.8) is 0 Å². The van der Waals surface area contributed by atoms with Gasteiger partial charge in [-0.2, -0.15) is 0 Å².